The third-order valence-corrected chi connectivity index (χ3v) is 6.50. The Morgan fingerprint density at radius 2 is 2.11 bits per heavy atom. The number of benzene rings is 1. The number of rotatable bonds is 10. The molecule has 1 amide bonds. The van der Waals surface area contributed by atoms with E-state index in [2.05, 4.69) is 22.1 Å². The number of hydrogen-bond donors (Lipinski definition) is 1. The van der Waals surface area contributed by atoms with Crippen LogP contribution in [-0.2, 0) is 14.8 Å². The largest absolute Gasteiger partial charge is 0.301 e. The van der Waals surface area contributed by atoms with Crippen LogP contribution < -0.4 is 9.62 Å². The van der Waals surface area contributed by atoms with Gasteiger partial charge in [-0.15, -0.1) is 16.8 Å². The molecule has 0 aliphatic carbocycles. The minimum Gasteiger partial charge on any atom is -0.301 e. The van der Waals surface area contributed by atoms with E-state index in [9.17, 15) is 22.0 Å². The van der Waals surface area contributed by atoms with Crippen LogP contribution in [0.5, 0.6) is 0 Å². The molecule has 12 heteroatoms. The molecule has 0 fully saturated rings. The van der Waals surface area contributed by atoms with E-state index in [4.69, 9.17) is 0 Å². The van der Waals surface area contributed by atoms with Crippen LogP contribution in [0, 0.1) is 11.6 Å². The molecule has 0 unspecified atom stereocenters. The van der Waals surface area contributed by atoms with E-state index in [1.807, 2.05) is 0 Å². The van der Waals surface area contributed by atoms with Crippen molar-refractivity contribution in [3.63, 3.8) is 0 Å². The molecule has 0 bridgehead atoms. The van der Waals surface area contributed by atoms with Gasteiger partial charge in [-0.3, -0.25) is 9.10 Å². The Morgan fingerprint density at radius 3 is 2.75 bits per heavy atom. The zero-order valence-corrected chi connectivity index (χ0v) is 17.3. The summed E-state index contributed by atoms with van der Waals surface area (Å²) in [4.78, 5) is 12.0. The maximum absolute atomic E-state index is 13.4. The number of nitrogens with zero attached hydrogens (tertiary/aromatic N) is 3. The number of sulfonamides is 1. The van der Waals surface area contributed by atoms with E-state index < -0.39 is 21.7 Å². The molecule has 1 heterocycles. The van der Waals surface area contributed by atoms with Crippen LogP contribution in [-0.4, -0.2) is 43.1 Å². The normalized spacial score (nSPS) is 11.2. The predicted octanol–water partition coefficient (Wildman–Crippen LogP) is 3.28. The molecular weight excluding hydrogens is 430 g/mol. The molecule has 2 aromatic rings. The molecule has 1 aromatic heterocycles. The molecule has 7 nitrogen and oxygen atoms in total. The smallest absolute Gasteiger partial charge is 0.232 e. The monoisotopic (exact) mass is 448 g/mol. The Morgan fingerprint density at radius 1 is 1.36 bits per heavy atom. The number of carbonyl (C=O) groups excluding carboxylic acids is 1. The fraction of sp³-hybridized carbons (Fsp3) is 0.312. The molecule has 0 radical (unpaired) electrons. The molecule has 28 heavy (non-hydrogen) atoms. The van der Waals surface area contributed by atoms with Crippen LogP contribution in [0.15, 0.2) is 35.2 Å². The average Bonchev–Trinajstić information content (AvgIpc) is 3.05. The molecule has 0 aliphatic rings. The number of thioether (sulfide) groups is 1. The summed E-state index contributed by atoms with van der Waals surface area (Å²) in [5.74, 6) is -1.90. The van der Waals surface area contributed by atoms with E-state index in [1.54, 1.807) is 6.08 Å². The maximum atomic E-state index is 13.4. The summed E-state index contributed by atoms with van der Waals surface area (Å²) < 4.78 is 52.1. The molecule has 1 N–H and O–H groups in total. The van der Waals surface area contributed by atoms with E-state index in [0.717, 1.165) is 22.7 Å². The molecule has 0 saturated heterocycles. The summed E-state index contributed by atoms with van der Waals surface area (Å²) in [6.45, 7) is 3.55. The Kier molecular flexibility index (Phi) is 7.89. The minimum absolute atomic E-state index is 0.00480. The molecule has 2 rings (SSSR count). The summed E-state index contributed by atoms with van der Waals surface area (Å²) >= 11 is 2.66. The van der Waals surface area contributed by atoms with Crippen molar-refractivity contribution in [2.75, 3.05) is 28.2 Å². The Hall–Kier alpha value is -2.05. The fourth-order valence-electron chi connectivity index (χ4n) is 2.14. The van der Waals surface area contributed by atoms with E-state index in [1.165, 1.54) is 29.2 Å². The van der Waals surface area contributed by atoms with E-state index >= 15 is 0 Å². The molecule has 0 aliphatic heterocycles. The summed E-state index contributed by atoms with van der Waals surface area (Å²) in [7, 11) is -3.73. The Bertz CT molecular complexity index is 950. The van der Waals surface area contributed by atoms with Gasteiger partial charge in [0.2, 0.25) is 21.1 Å². The maximum Gasteiger partial charge on any atom is 0.232 e. The summed E-state index contributed by atoms with van der Waals surface area (Å²) in [5, 5.41) is 10.7. The van der Waals surface area contributed by atoms with Crippen LogP contribution in [0.25, 0.3) is 0 Å². The van der Waals surface area contributed by atoms with E-state index in [0.29, 0.717) is 15.2 Å². The second kappa shape index (κ2) is 9.94. The lowest BCUT2D eigenvalue weighted by molar-refractivity contribution is -0.116. The topological polar surface area (TPSA) is 92.3 Å². The van der Waals surface area contributed by atoms with Gasteiger partial charge in [-0.1, -0.05) is 29.2 Å². The van der Waals surface area contributed by atoms with Gasteiger partial charge in [-0.2, -0.15) is 0 Å². The standard InChI is InChI=1S/C16H18F2N4O3S3/c1-3-9-26-16-21-20-15(27-16)19-14(23)5-4-8-22(28(2,24)25)11-6-7-12(17)13(18)10-11/h3,6-7,10H,1,4-5,8-9H2,2H3,(H,19,20,23). The number of halogens is 2. The van der Waals surface area contributed by atoms with Crippen molar-refractivity contribution in [1.29, 1.82) is 0 Å². The quantitative estimate of drug-likeness (QED) is 0.341. The van der Waals surface area contributed by atoms with Crippen molar-refractivity contribution in [1.82, 2.24) is 10.2 Å². The lowest BCUT2D eigenvalue weighted by atomic mass is 10.2. The van der Waals surface area contributed by atoms with Crippen LogP contribution in [0.4, 0.5) is 19.6 Å². The highest BCUT2D eigenvalue weighted by Crippen LogP contribution is 2.25. The highest BCUT2D eigenvalue weighted by Gasteiger charge is 2.19. The number of amides is 1. The first kappa shape index (κ1) is 22.2. The van der Waals surface area contributed by atoms with Gasteiger partial charge < -0.3 is 5.32 Å². The minimum atomic E-state index is -3.73. The summed E-state index contributed by atoms with van der Waals surface area (Å²) in [6.07, 6.45) is 2.88. The Balaban J connectivity index is 1.92. The van der Waals surface area contributed by atoms with Crippen molar-refractivity contribution in [3.05, 3.63) is 42.5 Å². The van der Waals surface area contributed by atoms with Crippen molar-refractivity contribution < 1.29 is 22.0 Å². The number of aromatic nitrogens is 2. The van der Waals surface area contributed by atoms with Gasteiger partial charge >= 0.3 is 0 Å². The Labute approximate surface area is 169 Å². The van der Waals surface area contributed by atoms with Gasteiger partial charge in [0, 0.05) is 24.8 Å². The predicted molar refractivity (Wildman–Crippen MR) is 107 cm³/mol. The fourth-order valence-corrected chi connectivity index (χ4v) is 4.63. The lowest BCUT2D eigenvalue weighted by Crippen LogP contribution is -2.31. The van der Waals surface area contributed by atoms with Gasteiger partial charge in [0.25, 0.3) is 0 Å². The highest BCUT2D eigenvalue weighted by atomic mass is 32.2. The van der Waals surface area contributed by atoms with Gasteiger partial charge in [-0.25, -0.2) is 17.2 Å². The molecular formula is C16H18F2N4O3S3. The van der Waals surface area contributed by atoms with Crippen molar-refractivity contribution >= 4 is 49.8 Å². The van der Waals surface area contributed by atoms with Crippen LogP contribution in [0.1, 0.15) is 12.8 Å². The second-order valence-corrected chi connectivity index (χ2v) is 9.71. The van der Waals surface area contributed by atoms with E-state index in [-0.39, 0.29) is 31.0 Å². The number of hydrogen-bond acceptors (Lipinski definition) is 7. The first-order valence-corrected chi connectivity index (χ1v) is 11.7. The van der Waals surface area contributed by atoms with Crippen molar-refractivity contribution in [3.8, 4) is 0 Å². The number of nitrogens with one attached hydrogen (secondary N) is 1. The van der Waals surface area contributed by atoms with Crippen molar-refractivity contribution in [2.45, 2.75) is 17.2 Å². The third kappa shape index (κ3) is 6.53. The third-order valence-electron chi connectivity index (χ3n) is 3.33. The van der Waals surface area contributed by atoms with Crippen LogP contribution >= 0.6 is 23.1 Å². The zero-order chi connectivity index (χ0) is 20.7. The van der Waals surface area contributed by atoms with Gasteiger partial charge in [0.15, 0.2) is 16.0 Å². The second-order valence-electron chi connectivity index (χ2n) is 5.56. The van der Waals surface area contributed by atoms with Crippen molar-refractivity contribution in [2.24, 2.45) is 0 Å². The summed E-state index contributed by atoms with van der Waals surface area (Å²) in [5.41, 5.74) is -0.00480. The van der Waals surface area contributed by atoms with Gasteiger partial charge in [-0.05, 0) is 18.6 Å². The van der Waals surface area contributed by atoms with Crippen LogP contribution in [0.3, 0.4) is 0 Å². The van der Waals surface area contributed by atoms with Gasteiger partial charge in [0.1, 0.15) is 0 Å². The van der Waals surface area contributed by atoms with Crippen LogP contribution in [0.2, 0.25) is 0 Å². The molecule has 0 spiro atoms. The lowest BCUT2D eigenvalue weighted by Gasteiger charge is -2.22. The molecule has 1 aromatic carbocycles. The SMILES string of the molecule is C=CCSc1nnc(NC(=O)CCCN(c2ccc(F)c(F)c2)S(C)(=O)=O)s1. The summed E-state index contributed by atoms with van der Waals surface area (Å²) in [6, 6.07) is 2.83. The molecule has 0 atom stereocenters. The first-order valence-electron chi connectivity index (χ1n) is 8.00. The van der Waals surface area contributed by atoms with Gasteiger partial charge in [0.05, 0.1) is 11.9 Å². The molecule has 152 valence electrons. The number of anilines is 2. The first-order chi connectivity index (χ1) is 13.2. The zero-order valence-electron chi connectivity index (χ0n) is 14.9. The highest BCUT2D eigenvalue weighted by molar-refractivity contribution is 8.01. The molecule has 0 saturated carbocycles. The average molecular weight is 449 g/mol. The number of carbonyl (C=O) groups is 1.